The van der Waals surface area contributed by atoms with Gasteiger partial charge in [0, 0.05) is 12.0 Å². The zero-order chi connectivity index (χ0) is 21.1. The van der Waals surface area contributed by atoms with Gasteiger partial charge in [-0.25, -0.2) is 4.79 Å². The Morgan fingerprint density at radius 3 is 2.24 bits per heavy atom. The van der Waals surface area contributed by atoms with Crippen LogP contribution in [-0.2, 0) is 20.9 Å². The molecule has 0 aromatic heterocycles. The molecule has 0 fully saturated rings. The highest BCUT2D eigenvalue weighted by atomic mass is 16.6. The lowest BCUT2D eigenvalue weighted by atomic mass is 10.1. The van der Waals surface area contributed by atoms with Gasteiger partial charge in [-0.05, 0) is 44.9 Å². The number of alkyl carbamates (subject to hydrolysis) is 1. The lowest BCUT2D eigenvalue weighted by molar-refractivity contribution is -0.145. The van der Waals surface area contributed by atoms with Crippen molar-refractivity contribution in [3.63, 3.8) is 0 Å². The van der Waals surface area contributed by atoms with E-state index in [1.807, 2.05) is 60.7 Å². The predicted molar refractivity (Wildman–Crippen MR) is 112 cm³/mol. The fraction of sp³-hybridized carbons (Fsp3) is 0.333. The van der Waals surface area contributed by atoms with Gasteiger partial charge >= 0.3 is 12.1 Å². The molecule has 1 atom stereocenters. The van der Waals surface area contributed by atoms with Crippen LogP contribution in [0.15, 0.2) is 60.7 Å². The third-order valence-electron chi connectivity index (χ3n) is 3.74. The Morgan fingerprint density at radius 2 is 1.62 bits per heavy atom. The first-order valence-electron chi connectivity index (χ1n) is 9.57. The van der Waals surface area contributed by atoms with E-state index in [1.54, 1.807) is 20.8 Å². The molecule has 0 aliphatic heterocycles. The van der Waals surface area contributed by atoms with Gasteiger partial charge in [0.2, 0.25) is 0 Å². The van der Waals surface area contributed by atoms with Crippen LogP contribution in [0.3, 0.4) is 0 Å². The van der Waals surface area contributed by atoms with Gasteiger partial charge in [0.25, 0.3) is 0 Å². The molecule has 2 rings (SSSR count). The van der Waals surface area contributed by atoms with Gasteiger partial charge in [0.15, 0.2) is 0 Å². The zero-order valence-electron chi connectivity index (χ0n) is 17.1. The zero-order valence-corrected chi connectivity index (χ0v) is 17.1. The second-order valence-corrected chi connectivity index (χ2v) is 7.52. The molecule has 2 aromatic carbocycles. The molecule has 1 N–H and O–H groups in total. The number of nitrogens with one attached hydrogen (secondary N) is 1. The lowest BCUT2D eigenvalue weighted by Crippen LogP contribution is -2.38. The number of rotatable bonds is 6. The van der Waals surface area contributed by atoms with Crippen molar-refractivity contribution in [2.45, 2.75) is 51.9 Å². The largest absolute Gasteiger partial charge is 0.461 e. The molecular weight excluding hydrogens is 366 g/mol. The summed E-state index contributed by atoms with van der Waals surface area (Å²) in [4.78, 5) is 24.2. The standard InChI is InChI=1S/C24H27NO4/c1-24(2,3)29-23(27)25-21(15-14-19-10-6-4-7-11-19)16-17-22(26)28-18-20-12-8-5-9-13-20/h4-13,21H,16-18H2,1-3H3,(H,25,27). The number of hydrogen-bond acceptors (Lipinski definition) is 4. The number of ether oxygens (including phenoxy) is 2. The maximum Gasteiger partial charge on any atom is 0.408 e. The van der Waals surface area contributed by atoms with E-state index in [-0.39, 0.29) is 19.0 Å². The van der Waals surface area contributed by atoms with Gasteiger partial charge in [-0.15, -0.1) is 0 Å². The summed E-state index contributed by atoms with van der Waals surface area (Å²) in [7, 11) is 0. The molecule has 0 bridgehead atoms. The molecule has 1 unspecified atom stereocenters. The summed E-state index contributed by atoms with van der Waals surface area (Å²) in [6.07, 6.45) is -0.105. The van der Waals surface area contributed by atoms with E-state index in [2.05, 4.69) is 17.2 Å². The molecule has 0 saturated carbocycles. The Kier molecular flexibility index (Phi) is 8.29. The molecule has 0 heterocycles. The Bertz CT molecular complexity index is 845. The minimum absolute atomic E-state index is 0.136. The minimum Gasteiger partial charge on any atom is -0.461 e. The summed E-state index contributed by atoms with van der Waals surface area (Å²) < 4.78 is 10.6. The monoisotopic (exact) mass is 393 g/mol. The van der Waals surface area contributed by atoms with E-state index < -0.39 is 17.7 Å². The number of carbonyl (C=O) groups is 2. The highest BCUT2D eigenvalue weighted by Crippen LogP contribution is 2.09. The summed E-state index contributed by atoms with van der Waals surface area (Å²) in [6, 6.07) is 18.4. The van der Waals surface area contributed by atoms with E-state index in [9.17, 15) is 9.59 Å². The third-order valence-corrected chi connectivity index (χ3v) is 3.74. The topological polar surface area (TPSA) is 64.6 Å². The van der Waals surface area contributed by atoms with Crippen LogP contribution in [0.4, 0.5) is 4.79 Å². The first kappa shape index (κ1) is 22.0. The van der Waals surface area contributed by atoms with E-state index in [0.717, 1.165) is 11.1 Å². The number of amides is 1. The third kappa shape index (κ3) is 9.48. The van der Waals surface area contributed by atoms with Gasteiger partial charge in [-0.3, -0.25) is 4.79 Å². The molecular formula is C24H27NO4. The molecule has 5 nitrogen and oxygen atoms in total. The van der Waals surface area contributed by atoms with Gasteiger partial charge in [-0.1, -0.05) is 60.4 Å². The van der Waals surface area contributed by atoms with Crippen LogP contribution in [0.1, 0.15) is 44.7 Å². The van der Waals surface area contributed by atoms with Crippen LogP contribution in [0.2, 0.25) is 0 Å². The predicted octanol–water partition coefficient (Wildman–Crippen LogP) is 4.46. The van der Waals surface area contributed by atoms with Crippen molar-refractivity contribution in [2.75, 3.05) is 0 Å². The van der Waals surface area contributed by atoms with Crippen LogP contribution in [-0.4, -0.2) is 23.7 Å². The molecule has 0 aliphatic carbocycles. The Morgan fingerprint density at radius 1 is 1.00 bits per heavy atom. The SMILES string of the molecule is CC(C)(C)OC(=O)NC(C#Cc1ccccc1)CCC(=O)OCc1ccccc1. The van der Waals surface area contributed by atoms with E-state index in [0.29, 0.717) is 6.42 Å². The molecule has 29 heavy (non-hydrogen) atoms. The summed E-state index contributed by atoms with van der Waals surface area (Å²) >= 11 is 0. The Labute approximate surface area is 172 Å². The quantitative estimate of drug-likeness (QED) is 0.581. The van der Waals surface area contributed by atoms with Crippen LogP contribution in [0, 0.1) is 11.8 Å². The molecule has 0 saturated heterocycles. The molecule has 2 aromatic rings. The number of esters is 1. The van der Waals surface area contributed by atoms with Crippen molar-refractivity contribution in [2.24, 2.45) is 0 Å². The molecule has 5 heteroatoms. The lowest BCUT2D eigenvalue weighted by Gasteiger charge is -2.21. The molecule has 152 valence electrons. The Balaban J connectivity index is 1.94. The molecule has 1 amide bonds. The molecule has 0 aliphatic rings. The van der Waals surface area contributed by atoms with Crippen LogP contribution >= 0.6 is 0 Å². The summed E-state index contributed by atoms with van der Waals surface area (Å²) in [6.45, 7) is 5.59. The van der Waals surface area contributed by atoms with Crippen LogP contribution < -0.4 is 5.32 Å². The average Bonchev–Trinajstić information content (AvgIpc) is 2.68. The molecule has 0 radical (unpaired) electrons. The van der Waals surface area contributed by atoms with Gasteiger partial charge in [-0.2, -0.15) is 0 Å². The first-order chi connectivity index (χ1) is 13.8. The van der Waals surface area contributed by atoms with Gasteiger partial charge in [0.05, 0.1) is 6.04 Å². The first-order valence-corrected chi connectivity index (χ1v) is 9.57. The smallest absolute Gasteiger partial charge is 0.408 e. The average molecular weight is 393 g/mol. The molecule has 0 spiro atoms. The maximum atomic E-state index is 12.1. The van der Waals surface area contributed by atoms with Gasteiger partial charge in [0.1, 0.15) is 12.2 Å². The summed E-state index contributed by atoms with van der Waals surface area (Å²) in [5, 5.41) is 2.73. The second-order valence-electron chi connectivity index (χ2n) is 7.52. The van der Waals surface area contributed by atoms with Crippen LogP contribution in [0.5, 0.6) is 0 Å². The summed E-state index contributed by atoms with van der Waals surface area (Å²) in [5.74, 6) is 5.69. The summed E-state index contributed by atoms with van der Waals surface area (Å²) in [5.41, 5.74) is 1.14. The number of hydrogen-bond donors (Lipinski definition) is 1. The van der Waals surface area contributed by atoms with Crippen molar-refractivity contribution in [1.29, 1.82) is 0 Å². The maximum absolute atomic E-state index is 12.1. The van der Waals surface area contributed by atoms with Crippen molar-refractivity contribution < 1.29 is 19.1 Å². The van der Waals surface area contributed by atoms with Gasteiger partial charge < -0.3 is 14.8 Å². The van der Waals surface area contributed by atoms with E-state index >= 15 is 0 Å². The van der Waals surface area contributed by atoms with E-state index in [4.69, 9.17) is 9.47 Å². The minimum atomic E-state index is -0.615. The fourth-order valence-corrected chi connectivity index (χ4v) is 2.39. The normalized spacial score (nSPS) is 11.6. The van der Waals surface area contributed by atoms with Crippen molar-refractivity contribution >= 4 is 12.1 Å². The fourth-order valence-electron chi connectivity index (χ4n) is 2.39. The number of carbonyl (C=O) groups excluding carboxylic acids is 2. The van der Waals surface area contributed by atoms with Crippen molar-refractivity contribution in [3.05, 3.63) is 71.8 Å². The number of benzene rings is 2. The van der Waals surface area contributed by atoms with E-state index in [1.165, 1.54) is 0 Å². The second kappa shape index (κ2) is 10.9. The van der Waals surface area contributed by atoms with Crippen molar-refractivity contribution in [3.8, 4) is 11.8 Å². The van der Waals surface area contributed by atoms with Crippen molar-refractivity contribution in [1.82, 2.24) is 5.32 Å². The van der Waals surface area contributed by atoms with Crippen LogP contribution in [0.25, 0.3) is 0 Å². The Hall–Kier alpha value is -3.26. The highest BCUT2D eigenvalue weighted by Gasteiger charge is 2.19. The highest BCUT2D eigenvalue weighted by molar-refractivity contribution is 5.71.